The predicted molar refractivity (Wildman–Crippen MR) is 97.9 cm³/mol. The molecule has 0 aliphatic carbocycles. The summed E-state index contributed by atoms with van der Waals surface area (Å²) in [7, 11) is 0. The Morgan fingerprint density at radius 2 is 1.57 bits per heavy atom. The zero-order valence-electron chi connectivity index (χ0n) is 15.6. The topological polar surface area (TPSA) is 37.3 Å². The van der Waals surface area contributed by atoms with Crippen LogP contribution >= 0.6 is 0 Å². The van der Waals surface area contributed by atoms with Gasteiger partial charge in [-0.1, -0.05) is 78.1 Å². The van der Waals surface area contributed by atoms with E-state index in [9.17, 15) is 9.90 Å². The summed E-state index contributed by atoms with van der Waals surface area (Å²) >= 11 is 0. The van der Waals surface area contributed by atoms with Crippen molar-refractivity contribution in [3.8, 4) is 0 Å². The second kappa shape index (κ2) is 9.10. The third-order valence-corrected chi connectivity index (χ3v) is 4.67. The van der Waals surface area contributed by atoms with Crippen LogP contribution in [0.15, 0.2) is 24.3 Å². The smallest absolute Gasteiger partial charge is 0.306 e. The van der Waals surface area contributed by atoms with E-state index < -0.39 is 5.97 Å². The van der Waals surface area contributed by atoms with E-state index in [4.69, 9.17) is 0 Å². The van der Waals surface area contributed by atoms with Crippen molar-refractivity contribution in [2.75, 3.05) is 0 Å². The fraction of sp³-hybridized carbons (Fsp3) is 0.667. The Morgan fingerprint density at radius 1 is 1.00 bits per heavy atom. The molecule has 0 saturated heterocycles. The summed E-state index contributed by atoms with van der Waals surface area (Å²) in [4.78, 5) is 11.1. The lowest BCUT2D eigenvalue weighted by atomic mass is 9.86. The molecule has 0 fully saturated rings. The van der Waals surface area contributed by atoms with Crippen molar-refractivity contribution < 1.29 is 9.90 Å². The molecule has 0 heterocycles. The van der Waals surface area contributed by atoms with Gasteiger partial charge in [-0.3, -0.25) is 4.79 Å². The van der Waals surface area contributed by atoms with Gasteiger partial charge in [-0.25, -0.2) is 0 Å². The minimum atomic E-state index is -0.640. The lowest BCUT2D eigenvalue weighted by Gasteiger charge is -2.19. The number of rotatable bonds is 9. The second-order valence-electron chi connectivity index (χ2n) is 8.09. The minimum absolute atomic E-state index is 0.181. The van der Waals surface area contributed by atoms with Gasteiger partial charge in [-0.15, -0.1) is 0 Å². The van der Waals surface area contributed by atoms with Crippen LogP contribution < -0.4 is 0 Å². The first-order chi connectivity index (χ1) is 10.7. The van der Waals surface area contributed by atoms with Crippen LogP contribution in [0.4, 0.5) is 0 Å². The molecule has 0 aliphatic heterocycles. The Morgan fingerprint density at radius 3 is 2.04 bits per heavy atom. The van der Waals surface area contributed by atoms with E-state index in [-0.39, 0.29) is 17.3 Å². The van der Waals surface area contributed by atoms with Crippen LogP contribution in [0.2, 0.25) is 0 Å². The first kappa shape index (κ1) is 19.7. The SMILES string of the molecule is CC(C)C(CCCCCCc1ccc(C(C)(C)C)cc1)C(=O)O. The zero-order chi connectivity index (χ0) is 17.5. The van der Waals surface area contributed by atoms with Crippen molar-refractivity contribution in [2.45, 2.75) is 78.6 Å². The van der Waals surface area contributed by atoms with Gasteiger partial charge in [-0.2, -0.15) is 0 Å². The maximum absolute atomic E-state index is 11.1. The normalized spacial score (nSPS) is 13.3. The zero-order valence-corrected chi connectivity index (χ0v) is 15.6. The summed E-state index contributed by atoms with van der Waals surface area (Å²) < 4.78 is 0. The maximum atomic E-state index is 11.1. The number of aryl methyl sites for hydroxylation is 1. The fourth-order valence-electron chi connectivity index (χ4n) is 2.96. The van der Waals surface area contributed by atoms with Gasteiger partial charge in [0.1, 0.15) is 0 Å². The molecule has 0 radical (unpaired) electrons. The van der Waals surface area contributed by atoms with Crippen molar-refractivity contribution in [3.63, 3.8) is 0 Å². The number of carboxylic acid groups (broad SMARTS) is 1. The largest absolute Gasteiger partial charge is 0.481 e. The van der Waals surface area contributed by atoms with Gasteiger partial charge >= 0.3 is 5.97 Å². The maximum Gasteiger partial charge on any atom is 0.306 e. The van der Waals surface area contributed by atoms with Gasteiger partial charge in [-0.05, 0) is 41.7 Å². The molecule has 1 N–H and O–H groups in total. The molecule has 130 valence electrons. The summed E-state index contributed by atoms with van der Waals surface area (Å²) in [5.74, 6) is -0.590. The lowest BCUT2D eigenvalue weighted by Crippen LogP contribution is -2.19. The Hall–Kier alpha value is -1.31. The van der Waals surface area contributed by atoms with E-state index in [2.05, 4.69) is 45.0 Å². The Kier molecular flexibility index (Phi) is 7.81. The fourth-order valence-corrected chi connectivity index (χ4v) is 2.96. The van der Waals surface area contributed by atoms with E-state index in [1.165, 1.54) is 24.0 Å². The second-order valence-corrected chi connectivity index (χ2v) is 8.09. The number of unbranched alkanes of at least 4 members (excludes halogenated alkanes) is 3. The third-order valence-electron chi connectivity index (χ3n) is 4.67. The summed E-state index contributed by atoms with van der Waals surface area (Å²) in [5, 5.41) is 9.17. The van der Waals surface area contributed by atoms with Crippen molar-refractivity contribution in [1.29, 1.82) is 0 Å². The van der Waals surface area contributed by atoms with Crippen LogP contribution in [0, 0.1) is 11.8 Å². The molecule has 1 rings (SSSR count). The van der Waals surface area contributed by atoms with E-state index in [1.54, 1.807) is 0 Å². The van der Waals surface area contributed by atoms with Crippen LogP contribution in [-0.2, 0) is 16.6 Å². The quantitative estimate of drug-likeness (QED) is 0.581. The molecule has 0 aliphatic rings. The van der Waals surface area contributed by atoms with Crippen LogP contribution in [0.3, 0.4) is 0 Å². The Balaban J connectivity index is 2.24. The van der Waals surface area contributed by atoms with Crippen molar-refractivity contribution in [2.24, 2.45) is 11.8 Å². The summed E-state index contributed by atoms with van der Waals surface area (Å²) in [6, 6.07) is 8.99. The standard InChI is InChI=1S/C21H34O2/c1-16(2)19(20(22)23)11-9-7-6-8-10-17-12-14-18(15-13-17)21(3,4)5/h12-16,19H,6-11H2,1-5H3,(H,22,23). The van der Waals surface area contributed by atoms with E-state index >= 15 is 0 Å². The lowest BCUT2D eigenvalue weighted by molar-refractivity contribution is -0.143. The number of hydrogen-bond donors (Lipinski definition) is 1. The highest BCUT2D eigenvalue weighted by Crippen LogP contribution is 2.23. The summed E-state index contributed by atoms with van der Waals surface area (Å²) in [5.41, 5.74) is 3.01. The molecule has 1 aromatic carbocycles. The highest BCUT2D eigenvalue weighted by molar-refractivity contribution is 5.70. The van der Waals surface area contributed by atoms with Gasteiger partial charge in [0.25, 0.3) is 0 Å². The monoisotopic (exact) mass is 318 g/mol. The molecule has 0 amide bonds. The Labute approximate surface area is 142 Å². The van der Waals surface area contributed by atoms with Crippen LogP contribution in [-0.4, -0.2) is 11.1 Å². The molecule has 2 heteroatoms. The molecule has 23 heavy (non-hydrogen) atoms. The molecular weight excluding hydrogens is 284 g/mol. The summed E-state index contributed by atoms with van der Waals surface area (Å²) in [6.45, 7) is 10.7. The number of aliphatic carboxylic acids is 1. The third kappa shape index (κ3) is 7.20. The molecule has 1 aromatic rings. The number of carboxylic acids is 1. The highest BCUT2D eigenvalue weighted by atomic mass is 16.4. The average molecular weight is 319 g/mol. The molecule has 0 aromatic heterocycles. The van der Waals surface area contributed by atoms with Gasteiger partial charge < -0.3 is 5.11 Å². The number of benzene rings is 1. The van der Waals surface area contributed by atoms with Gasteiger partial charge in [0.15, 0.2) is 0 Å². The van der Waals surface area contributed by atoms with Crippen molar-refractivity contribution in [1.82, 2.24) is 0 Å². The molecule has 0 bridgehead atoms. The van der Waals surface area contributed by atoms with Gasteiger partial charge in [0.2, 0.25) is 0 Å². The molecule has 0 spiro atoms. The molecule has 0 saturated carbocycles. The number of carbonyl (C=O) groups is 1. The highest BCUT2D eigenvalue weighted by Gasteiger charge is 2.20. The first-order valence-corrected chi connectivity index (χ1v) is 9.04. The van der Waals surface area contributed by atoms with Crippen LogP contribution in [0.25, 0.3) is 0 Å². The summed E-state index contributed by atoms with van der Waals surface area (Å²) in [6.07, 6.45) is 6.47. The van der Waals surface area contributed by atoms with Crippen LogP contribution in [0.5, 0.6) is 0 Å². The van der Waals surface area contributed by atoms with Crippen LogP contribution in [0.1, 0.15) is 77.8 Å². The minimum Gasteiger partial charge on any atom is -0.481 e. The number of hydrogen-bond acceptors (Lipinski definition) is 1. The average Bonchev–Trinajstić information content (AvgIpc) is 2.45. The predicted octanol–water partition coefficient (Wildman–Crippen LogP) is 5.83. The molecule has 1 unspecified atom stereocenters. The van der Waals surface area contributed by atoms with Crippen molar-refractivity contribution >= 4 is 5.97 Å². The molecule has 2 nitrogen and oxygen atoms in total. The Bertz CT molecular complexity index is 466. The van der Waals surface area contributed by atoms with E-state index in [0.717, 1.165) is 25.7 Å². The van der Waals surface area contributed by atoms with Gasteiger partial charge in [0, 0.05) is 0 Å². The van der Waals surface area contributed by atoms with E-state index in [1.807, 2.05) is 13.8 Å². The molecular formula is C21H34O2. The molecule has 1 atom stereocenters. The van der Waals surface area contributed by atoms with Crippen molar-refractivity contribution in [3.05, 3.63) is 35.4 Å². The first-order valence-electron chi connectivity index (χ1n) is 9.04. The van der Waals surface area contributed by atoms with Gasteiger partial charge in [0.05, 0.1) is 5.92 Å². The van der Waals surface area contributed by atoms with E-state index in [0.29, 0.717) is 0 Å².